The van der Waals surface area contributed by atoms with Gasteiger partial charge in [0.1, 0.15) is 11.7 Å². The van der Waals surface area contributed by atoms with E-state index in [2.05, 4.69) is 10.3 Å². The van der Waals surface area contributed by atoms with Crippen molar-refractivity contribution in [2.75, 3.05) is 0 Å². The van der Waals surface area contributed by atoms with Crippen LogP contribution in [0, 0.1) is 5.92 Å². The summed E-state index contributed by atoms with van der Waals surface area (Å²) in [5.74, 6) is -1.66. The summed E-state index contributed by atoms with van der Waals surface area (Å²) in [6, 6.07) is 3.37. The summed E-state index contributed by atoms with van der Waals surface area (Å²) in [6.45, 7) is 0.607. The molecule has 1 aromatic rings. The quantitative estimate of drug-likeness (QED) is 0.693. The molecular formula is C13H12N2O3. The van der Waals surface area contributed by atoms with Gasteiger partial charge in [0.15, 0.2) is 5.76 Å². The molecule has 1 aromatic heterocycles. The van der Waals surface area contributed by atoms with Crippen molar-refractivity contribution >= 4 is 5.78 Å². The zero-order valence-corrected chi connectivity index (χ0v) is 9.50. The molecule has 3 N–H and O–H groups in total. The van der Waals surface area contributed by atoms with Crippen LogP contribution in [0.2, 0.25) is 0 Å². The average molecular weight is 244 g/mol. The molecule has 0 spiro atoms. The summed E-state index contributed by atoms with van der Waals surface area (Å²) in [7, 11) is 0. The van der Waals surface area contributed by atoms with Gasteiger partial charge in [-0.25, -0.2) is 0 Å². The van der Waals surface area contributed by atoms with Crippen molar-refractivity contribution in [3.8, 4) is 0 Å². The number of fused-ring (bicyclic) bond motifs is 1. The molecule has 0 amide bonds. The minimum Gasteiger partial charge on any atom is -0.511 e. The first-order chi connectivity index (χ1) is 8.68. The Morgan fingerprint density at radius 2 is 2.17 bits per heavy atom. The highest BCUT2D eigenvalue weighted by atomic mass is 16.3. The van der Waals surface area contributed by atoms with Gasteiger partial charge in [-0.3, -0.25) is 9.78 Å². The lowest BCUT2D eigenvalue weighted by Gasteiger charge is -2.23. The van der Waals surface area contributed by atoms with Crippen LogP contribution in [0.5, 0.6) is 0 Å². The number of ketones is 1. The van der Waals surface area contributed by atoms with Gasteiger partial charge >= 0.3 is 0 Å². The van der Waals surface area contributed by atoms with E-state index in [1.807, 2.05) is 12.1 Å². The van der Waals surface area contributed by atoms with Crippen molar-refractivity contribution in [1.82, 2.24) is 10.3 Å². The Morgan fingerprint density at radius 3 is 3.00 bits per heavy atom. The third-order valence-electron chi connectivity index (χ3n) is 3.33. The summed E-state index contributed by atoms with van der Waals surface area (Å²) >= 11 is 0. The molecule has 3 rings (SSSR count). The first-order valence-electron chi connectivity index (χ1n) is 5.69. The second-order valence-corrected chi connectivity index (χ2v) is 4.39. The van der Waals surface area contributed by atoms with Crippen LogP contribution in [0.4, 0.5) is 0 Å². The number of pyridine rings is 1. The number of hydrogen-bond donors (Lipinski definition) is 3. The van der Waals surface area contributed by atoms with E-state index < -0.39 is 11.7 Å². The molecule has 2 unspecified atom stereocenters. The van der Waals surface area contributed by atoms with Crippen LogP contribution in [0.3, 0.4) is 0 Å². The number of nitrogens with one attached hydrogen (secondary N) is 1. The largest absolute Gasteiger partial charge is 0.511 e. The SMILES string of the molecule is O=C1C(O)=CC=C(O)C1C1NCc2cccnc21. The number of nitrogens with zero attached hydrogens (tertiary/aromatic N) is 1. The van der Waals surface area contributed by atoms with Crippen LogP contribution >= 0.6 is 0 Å². The standard InChI is InChI=1S/C13H12N2O3/c16-8-3-4-9(17)13(18)10(8)12-11-7(6-15-12)2-1-5-14-11/h1-5,10,12,15-17H,6H2. The van der Waals surface area contributed by atoms with Crippen molar-refractivity contribution in [2.45, 2.75) is 12.6 Å². The van der Waals surface area contributed by atoms with E-state index in [0.717, 1.165) is 11.3 Å². The highest BCUT2D eigenvalue weighted by molar-refractivity contribution is 5.98. The lowest BCUT2D eigenvalue weighted by atomic mass is 9.87. The van der Waals surface area contributed by atoms with E-state index in [1.165, 1.54) is 12.2 Å². The number of aliphatic hydroxyl groups excluding tert-OH is 2. The van der Waals surface area contributed by atoms with Crippen molar-refractivity contribution in [2.24, 2.45) is 5.92 Å². The van der Waals surface area contributed by atoms with Gasteiger partial charge in [0, 0.05) is 12.7 Å². The molecule has 5 nitrogen and oxygen atoms in total. The third kappa shape index (κ3) is 1.52. The molecule has 2 aliphatic rings. The number of aromatic nitrogens is 1. The number of Topliss-reactive ketones (excluding diaryl/α,β-unsaturated/α-hetero) is 1. The molecule has 0 saturated carbocycles. The Morgan fingerprint density at radius 1 is 1.33 bits per heavy atom. The molecule has 1 aliphatic heterocycles. The summed E-state index contributed by atoms with van der Waals surface area (Å²) in [5.41, 5.74) is 1.77. The second-order valence-electron chi connectivity index (χ2n) is 4.39. The van der Waals surface area contributed by atoms with Crippen LogP contribution < -0.4 is 5.32 Å². The molecule has 0 saturated heterocycles. The number of carbonyl (C=O) groups is 1. The van der Waals surface area contributed by atoms with Gasteiger partial charge in [-0.05, 0) is 23.8 Å². The number of hydrogen-bond acceptors (Lipinski definition) is 5. The molecule has 2 atom stereocenters. The summed E-state index contributed by atoms with van der Waals surface area (Å²) in [6.07, 6.45) is 4.22. The van der Waals surface area contributed by atoms with E-state index in [1.54, 1.807) is 6.20 Å². The van der Waals surface area contributed by atoms with Crippen LogP contribution in [0.15, 0.2) is 42.0 Å². The first-order valence-corrected chi connectivity index (χ1v) is 5.69. The fraction of sp³-hybridized carbons (Fsp3) is 0.231. The zero-order valence-electron chi connectivity index (χ0n) is 9.50. The average Bonchev–Trinajstić information content (AvgIpc) is 2.79. The van der Waals surface area contributed by atoms with Gasteiger partial charge in [-0.15, -0.1) is 0 Å². The minimum atomic E-state index is -0.800. The van der Waals surface area contributed by atoms with Gasteiger partial charge < -0.3 is 15.5 Å². The second kappa shape index (κ2) is 3.96. The lowest BCUT2D eigenvalue weighted by Crippen LogP contribution is -2.33. The Kier molecular flexibility index (Phi) is 2.41. The molecule has 2 heterocycles. The molecular weight excluding hydrogens is 232 g/mol. The van der Waals surface area contributed by atoms with Crippen molar-refractivity contribution in [3.63, 3.8) is 0 Å². The zero-order chi connectivity index (χ0) is 12.7. The molecule has 18 heavy (non-hydrogen) atoms. The highest BCUT2D eigenvalue weighted by Gasteiger charge is 2.40. The fourth-order valence-corrected chi connectivity index (χ4v) is 2.44. The smallest absolute Gasteiger partial charge is 0.209 e. The van der Waals surface area contributed by atoms with Gasteiger partial charge in [-0.2, -0.15) is 0 Å². The predicted octanol–water partition coefficient (Wildman–Crippen LogP) is 1.31. The molecule has 92 valence electrons. The number of aliphatic hydroxyl groups is 2. The fourth-order valence-electron chi connectivity index (χ4n) is 2.44. The van der Waals surface area contributed by atoms with Crippen molar-refractivity contribution in [1.29, 1.82) is 0 Å². The number of carbonyl (C=O) groups excluding carboxylic acids is 1. The Balaban J connectivity index is 2.01. The minimum absolute atomic E-state index is 0.0474. The van der Waals surface area contributed by atoms with E-state index in [0.29, 0.717) is 6.54 Å². The molecule has 0 fully saturated rings. The summed E-state index contributed by atoms with van der Waals surface area (Å²) < 4.78 is 0. The maximum absolute atomic E-state index is 11.9. The van der Waals surface area contributed by atoms with Gasteiger partial charge in [0.2, 0.25) is 5.78 Å². The highest BCUT2D eigenvalue weighted by Crippen LogP contribution is 2.35. The van der Waals surface area contributed by atoms with Crippen LogP contribution in [-0.2, 0) is 11.3 Å². The van der Waals surface area contributed by atoms with E-state index >= 15 is 0 Å². The Hall–Kier alpha value is -2.14. The van der Waals surface area contributed by atoms with Crippen LogP contribution in [0.1, 0.15) is 17.3 Å². The molecule has 0 aromatic carbocycles. The monoisotopic (exact) mass is 244 g/mol. The van der Waals surface area contributed by atoms with Gasteiger partial charge in [0.05, 0.1) is 11.7 Å². The number of allylic oxidation sites excluding steroid dienone is 3. The number of rotatable bonds is 1. The maximum Gasteiger partial charge on any atom is 0.209 e. The van der Waals surface area contributed by atoms with E-state index in [9.17, 15) is 15.0 Å². The maximum atomic E-state index is 11.9. The summed E-state index contributed by atoms with van der Waals surface area (Å²) in [4.78, 5) is 16.2. The molecule has 5 heteroatoms. The molecule has 0 bridgehead atoms. The molecule has 1 aliphatic carbocycles. The molecule has 0 radical (unpaired) electrons. The van der Waals surface area contributed by atoms with E-state index in [-0.39, 0.29) is 17.6 Å². The van der Waals surface area contributed by atoms with Crippen LogP contribution in [-0.4, -0.2) is 21.0 Å². The third-order valence-corrected chi connectivity index (χ3v) is 3.33. The van der Waals surface area contributed by atoms with E-state index in [4.69, 9.17) is 0 Å². The lowest BCUT2D eigenvalue weighted by molar-refractivity contribution is -0.122. The van der Waals surface area contributed by atoms with Crippen LogP contribution in [0.25, 0.3) is 0 Å². The Bertz CT molecular complexity index is 575. The van der Waals surface area contributed by atoms with Crippen molar-refractivity contribution < 1.29 is 15.0 Å². The van der Waals surface area contributed by atoms with Gasteiger partial charge in [-0.1, -0.05) is 6.07 Å². The predicted molar refractivity (Wildman–Crippen MR) is 63.7 cm³/mol. The van der Waals surface area contributed by atoms with Gasteiger partial charge in [0.25, 0.3) is 0 Å². The summed E-state index contributed by atoms with van der Waals surface area (Å²) in [5, 5.41) is 22.5. The van der Waals surface area contributed by atoms with Crippen molar-refractivity contribution in [3.05, 3.63) is 53.3 Å². The Labute approximate surface area is 103 Å². The normalized spacial score (nSPS) is 26.6. The first kappa shape index (κ1) is 11.0. The topological polar surface area (TPSA) is 82.5 Å².